The number of rotatable bonds is 2. The van der Waals surface area contributed by atoms with Gasteiger partial charge in [-0.1, -0.05) is 0 Å². The summed E-state index contributed by atoms with van der Waals surface area (Å²) >= 11 is 0. The number of benzene rings is 1. The summed E-state index contributed by atoms with van der Waals surface area (Å²) in [5, 5.41) is 3.21. The Labute approximate surface area is 90.0 Å². The molecular formula is C12H16N2O. The van der Waals surface area contributed by atoms with E-state index < -0.39 is 0 Å². The lowest BCUT2D eigenvalue weighted by atomic mass is 10.1. The maximum atomic E-state index is 5.83. The van der Waals surface area contributed by atoms with Crippen LogP contribution in [0, 0.1) is 0 Å². The first-order valence-corrected chi connectivity index (χ1v) is 5.54. The molecule has 0 unspecified atom stereocenters. The molecule has 2 heterocycles. The Kier molecular flexibility index (Phi) is 2.06. The topological polar surface area (TPSA) is 24.5 Å². The van der Waals surface area contributed by atoms with E-state index in [1.165, 1.54) is 11.3 Å². The second-order valence-electron chi connectivity index (χ2n) is 4.36. The Balaban J connectivity index is 1.79. The van der Waals surface area contributed by atoms with E-state index in [1.807, 2.05) is 0 Å². The Bertz CT molecular complexity index is 374. The summed E-state index contributed by atoms with van der Waals surface area (Å²) in [7, 11) is 2.14. The van der Waals surface area contributed by atoms with Crippen molar-refractivity contribution in [2.45, 2.75) is 12.5 Å². The highest BCUT2D eigenvalue weighted by Gasteiger charge is 2.20. The molecule has 3 nitrogen and oxygen atoms in total. The van der Waals surface area contributed by atoms with Crippen LogP contribution in [-0.2, 0) is 6.42 Å². The number of nitrogens with zero attached hydrogens (tertiary/aromatic N) is 1. The van der Waals surface area contributed by atoms with Gasteiger partial charge in [0.2, 0.25) is 0 Å². The molecule has 1 aromatic carbocycles. The third kappa shape index (κ3) is 1.57. The van der Waals surface area contributed by atoms with E-state index in [2.05, 4.69) is 35.5 Å². The van der Waals surface area contributed by atoms with Gasteiger partial charge in [0.1, 0.15) is 11.9 Å². The number of anilines is 1. The highest BCUT2D eigenvalue weighted by Crippen LogP contribution is 2.30. The fourth-order valence-corrected chi connectivity index (χ4v) is 2.15. The third-order valence-electron chi connectivity index (χ3n) is 3.23. The van der Waals surface area contributed by atoms with Gasteiger partial charge in [0.25, 0.3) is 0 Å². The monoisotopic (exact) mass is 204 g/mol. The van der Waals surface area contributed by atoms with Crippen molar-refractivity contribution in [3.63, 3.8) is 0 Å². The van der Waals surface area contributed by atoms with E-state index >= 15 is 0 Å². The van der Waals surface area contributed by atoms with Crippen molar-refractivity contribution in [1.29, 1.82) is 0 Å². The van der Waals surface area contributed by atoms with Gasteiger partial charge in [-0.15, -0.1) is 0 Å². The van der Waals surface area contributed by atoms with Crippen LogP contribution >= 0.6 is 0 Å². The highest BCUT2D eigenvalue weighted by atomic mass is 16.5. The molecule has 2 aliphatic rings. The average molecular weight is 204 g/mol. The minimum absolute atomic E-state index is 0.377. The molecule has 0 amide bonds. The molecule has 0 atom stereocenters. The number of hydrogen-bond donors (Lipinski definition) is 1. The van der Waals surface area contributed by atoms with Gasteiger partial charge in [0, 0.05) is 32.4 Å². The standard InChI is InChI=1S/C12H16N2O/c1-14-5-4-9-6-10(2-3-12(9)14)15-11-7-13-8-11/h2-3,6,11,13H,4-5,7-8H2,1H3. The number of hydrogen-bond acceptors (Lipinski definition) is 3. The summed E-state index contributed by atoms with van der Waals surface area (Å²) in [6, 6.07) is 6.44. The second-order valence-corrected chi connectivity index (χ2v) is 4.36. The average Bonchev–Trinajstić information content (AvgIpc) is 2.54. The molecule has 15 heavy (non-hydrogen) atoms. The fourth-order valence-electron chi connectivity index (χ4n) is 2.15. The molecule has 1 fully saturated rings. The molecule has 0 spiro atoms. The van der Waals surface area contributed by atoms with Gasteiger partial charge in [0.05, 0.1) is 0 Å². The molecular weight excluding hydrogens is 188 g/mol. The van der Waals surface area contributed by atoms with E-state index in [0.717, 1.165) is 31.8 Å². The van der Waals surface area contributed by atoms with Crippen molar-refractivity contribution in [2.75, 3.05) is 31.6 Å². The van der Waals surface area contributed by atoms with Crippen LogP contribution in [0.2, 0.25) is 0 Å². The molecule has 0 aliphatic carbocycles. The summed E-state index contributed by atoms with van der Waals surface area (Å²) in [5.74, 6) is 1.02. The summed E-state index contributed by atoms with van der Waals surface area (Å²) in [6.45, 7) is 3.09. The van der Waals surface area contributed by atoms with Crippen molar-refractivity contribution in [3.8, 4) is 5.75 Å². The van der Waals surface area contributed by atoms with Gasteiger partial charge in [-0.05, 0) is 30.2 Å². The van der Waals surface area contributed by atoms with Gasteiger partial charge in [0.15, 0.2) is 0 Å². The molecule has 1 N–H and O–H groups in total. The van der Waals surface area contributed by atoms with Crippen molar-refractivity contribution in [1.82, 2.24) is 5.32 Å². The van der Waals surface area contributed by atoms with E-state index in [0.29, 0.717) is 6.10 Å². The predicted molar refractivity (Wildman–Crippen MR) is 60.7 cm³/mol. The first kappa shape index (κ1) is 9.04. The van der Waals surface area contributed by atoms with Crippen LogP contribution in [0.25, 0.3) is 0 Å². The number of likely N-dealkylation sites (N-methyl/N-ethyl adjacent to an activating group) is 1. The van der Waals surface area contributed by atoms with Crippen LogP contribution in [0.3, 0.4) is 0 Å². The summed E-state index contributed by atoms with van der Waals surface area (Å²) in [4.78, 5) is 2.30. The zero-order valence-electron chi connectivity index (χ0n) is 8.99. The predicted octanol–water partition coefficient (Wildman–Crippen LogP) is 1.03. The first-order chi connectivity index (χ1) is 7.33. The number of nitrogens with one attached hydrogen (secondary N) is 1. The Morgan fingerprint density at radius 1 is 1.40 bits per heavy atom. The Morgan fingerprint density at radius 2 is 2.27 bits per heavy atom. The molecule has 1 aromatic rings. The number of ether oxygens (including phenoxy) is 1. The van der Waals surface area contributed by atoms with Crippen LogP contribution in [0.1, 0.15) is 5.56 Å². The smallest absolute Gasteiger partial charge is 0.123 e. The van der Waals surface area contributed by atoms with Crippen LogP contribution in [0.4, 0.5) is 5.69 Å². The van der Waals surface area contributed by atoms with Gasteiger partial charge in [-0.2, -0.15) is 0 Å². The fraction of sp³-hybridized carbons (Fsp3) is 0.500. The summed E-state index contributed by atoms with van der Waals surface area (Å²) in [6.07, 6.45) is 1.52. The minimum Gasteiger partial charge on any atom is -0.488 e. The largest absolute Gasteiger partial charge is 0.488 e. The molecule has 0 aromatic heterocycles. The van der Waals surface area contributed by atoms with E-state index in [-0.39, 0.29) is 0 Å². The third-order valence-corrected chi connectivity index (χ3v) is 3.23. The SMILES string of the molecule is CN1CCc2cc(OC3CNC3)ccc21. The van der Waals surface area contributed by atoms with Crippen molar-refractivity contribution >= 4 is 5.69 Å². The van der Waals surface area contributed by atoms with Crippen LogP contribution < -0.4 is 15.0 Å². The molecule has 0 bridgehead atoms. The van der Waals surface area contributed by atoms with Gasteiger partial charge in [-0.25, -0.2) is 0 Å². The zero-order chi connectivity index (χ0) is 10.3. The molecule has 2 aliphatic heterocycles. The van der Waals surface area contributed by atoms with Crippen molar-refractivity contribution in [3.05, 3.63) is 23.8 Å². The Morgan fingerprint density at radius 3 is 3.00 bits per heavy atom. The van der Waals surface area contributed by atoms with E-state index in [1.54, 1.807) is 0 Å². The van der Waals surface area contributed by atoms with Crippen molar-refractivity contribution < 1.29 is 4.74 Å². The maximum absolute atomic E-state index is 5.83. The lowest BCUT2D eigenvalue weighted by Gasteiger charge is -2.28. The Hall–Kier alpha value is -1.22. The second kappa shape index (κ2) is 3.42. The quantitative estimate of drug-likeness (QED) is 0.778. The summed E-state index contributed by atoms with van der Waals surface area (Å²) < 4.78 is 5.83. The molecule has 3 rings (SSSR count). The van der Waals surface area contributed by atoms with Crippen LogP contribution in [0.15, 0.2) is 18.2 Å². The van der Waals surface area contributed by atoms with Gasteiger partial charge < -0.3 is 15.0 Å². The zero-order valence-corrected chi connectivity index (χ0v) is 8.99. The van der Waals surface area contributed by atoms with Crippen LogP contribution in [-0.4, -0.2) is 32.8 Å². The molecule has 0 radical (unpaired) electrons. The highest BCUT2D eigenvalue weighted by molar-refractivity contribution is 5.59. The molecule has 1 saturated heterocycles. The maximum Gasteiger partial charge on any atom is 0.123 e. The van der Waals surface area contributed by atoms with Gasteiger partial charge >= 0.3 is 0 Å². The minimum atomic E-state index is 0.377. The van der Waals surface area contributed by atoms with E-state index in [9.17, 15) is 0 Å². The van der Waals surface area contributed by atoms with Crippen LogP contribution in [0.5, 0.6) is 5.75 Å². The lowest BCUT2D eigenvalue weighted by molar-refractivity contribution is 0.142. The molecule has 80 valence electrons. The molecule has 3 heteroatoms. The first-order valence-electron chi connectivity index (χ1n) is 5.54. The number of fused-ring (bicyclic) bond motifs is 1. The van der Waals surface area contributed by atoms with Gasteiger partial charge in [-0.3, -0.25) is 0 Å². The molecule has 0 saturated carbocycles. The normalized spacial score (nSPS) is 19.9. The van der Waals surface area contributed by atoms with Crippen molar-refractivity contribution in [2.24, 2.45) is 0 Å². The lowest BCUT2D eigenvalue weighted by Crippen LogP contribution is -2.50. The summed E-state index contributed by atoms with van der Waals surface area (Å²) in [5.41, 5.74) is 2.77. The van der Waals surface area contributed by atoms with E-state index in [4.69, 9.17) is 4.74 Å².